The Labute approximate surface area is 116 Å². The molecule has 0 bridgehead atoms. The van der Waals surface area contributed by atoms with Crippen molar-refractivity contribution in [2.45, 2.75) is 19.4 Å². The molecule has 106 valence electrons. The Kier molecular flexibility index (Phi) is 5.31. The van der Waals surface area contributed by atoms with E-state index >= 15 is 0 Å². The third-order valence-corrected chi connectivity index (χ3v) is 3.87. The minimum Gasteiger partial charge on any atom is -0.381 e. The summed E-state index contributed by atoms with van der Waals surface area (Å²) >= 11 is 0. The van der Waals surface area contributed by atoms with Crippen molar-refractivity contribution >= 4 is 0 Å². The normalized spacial score (nSPS) is 18.7. The van der Waals surface area contributed by atoms with Crippen LogP contribution in [-0.2, 0) is 11.3 Å². The molecular weight excluding hydrogens is 238 g/mol. The topological polar surface area (TPSA) is 37.4 Å². The Morgan fingerprint density at radius 2 is 2.16 bits per heavy atom. The summed E-state index contributed by atoms with van der Waals surface area (Å²) in [6, 6.07) is 6.10. The summed E-state index contributed by atoms with van der Waals surface area (Å²) in [5, 5.41) is 3.35. The molecule has 1 aromatic heterocycles. The fourth-order valence-electron chi connectivity index (χ4n) is 2.97. The average molecular weight is 263 g/mol. The van der Waals surface area contributed by atoms with Crippen LogP contribution in [0.25, 0.3) is 0 Å². The van der Waals surface area contributed by atoms with Gasteiger partial charge in [-0.05, 0) is 44.5 Å². The Morgan fingerprint density at radius 1 is 1.37 bits per heavy atom. The minimum absolute atomic E-state index is 0.344. The quantitative estimate of drug-likeness (QED) is 0.844. The van der Waals surface area contributed by atoms with Crippen molar-refractivity contribution in [1.82, 2.24) is 15.2 Å². The third-order valence-electron chi connectivity index (χ3n) is 3.87. The van der Waals surface area contributed by atoms with Crippen LogP contribution in [0.15, 0.2) is 24.4 Å². The highest BCUT2D eigenvalue weighted by atomic mass is 16.5. The maximum absolute atomic E-state index is 5.51. The van der Waals surface area contributed by atoms with Crippen molar-refractivity contribution in [3.05, 3.63) is 30.1 Å². The third kappa shape index (κ3) is 4.27. The van der Waals surface area contributed by atoms with Gasteiger partial charge in [0.2, 0.25) is 0 Å². The van der Waals surface area contributed by atoms with Crippen LogP contribution in [0.2, 0.25) is 0 Å². The van der Waals surface area contributed by atoms with E-state index in [1.807, 2.05) is 25.4 Å². The van der Waals surface area contributed by atoms with E-state index in [9.17, 15) is 0 Å². The van der Waals surface area contributed by atoms with Crippen molar-refractivity contribution < 1.29 is 4.74 Å². The summed E-state index contributed by atoms with van der Waals surface area (Å²) < 4.78 is 5.51. The number of hydrogen-bond donors (Lipinski definition) is 1. The standard InChI is InChI=1S/C15H25N3O/c1-16-12-15(6-9-19-10-7-15)13-18(2)11-14-5-3-4-8-17-14/h3-5,8,16H,6-7,9-13H2,1-2H3. The van der Waals surface area contributed by atoms with Crippen LogP contribution in [0.3, 0.4) is 0 Å². The van der Waals surface area contributed by atoms with E-state index in [2.05, 4.69) is 28.3 Å². The molecule has 1 N–H and O–H groups in total. The lowest BCUT2D eigenvalue weighted by molar-refractivity contribution is -0.000874. The zero-order valence-electron chi connectivity index (χ0n) is 12.1. The summed E-state index contributed by atoms with van der Waals surface area (Å²) in [6.07, 6.45) is 4.14. The maximum Gasteiger partial charge on any atom is 0.0543 e. The van der Waals surface area contributed by atoms with Gasteiger partial charge in [-0.25, -0.2) is 0 Å². The van der Waals surface area contributed by atoms with Crippen molar-refractivity contribution in [2.24, 2.45) is 5.41 Å². The van der Waals surface area contributed by atoms with Gasteiger partial charge >= 0.3 is 0 Å². The molecule has 1 aromatic rings. The molecule has 1 aliphatic heterocycles. The van der Waals surface area contributed by atoms with Crippen molar-refractivity contribution in [3.63, 3.8) is 0 Å². The zero-order chi connectivity index (χ0) is 13.6. The SMILES string of the molecule is CNCC1(CN(C)Cc2ccccn2)CCOCC1. The molecule has 1 fully saturated rings. The molecule has 0 radical (unpaired) electrons. The van der Waals surface area contributed by atoms with Crippen LogP contribution in [0, 0.1) is 5.41 Å². The lowest BCUT2D eigenvalue weighted by atomic mass is 9.79. The first-order valence-corrected chi connectivity index (χ1v) is 7.05. The van der Waals surface area contributed by atoms with Gasteiger partial charge < -0.3 is 10.1 Å². The molecule has 0 amide bonds. The maximum atomic E-state index is 5.51. The molecule has 0 saturated carbocycles. The zero-order valence-corrected chi connectivity index (χ0v) is 12.1. The molecule has 19 heavy (non-hydrogen) atoms. The van der Waals surface area contributed by atoms with E-state index in [-0.39, 0.29) is 0 Å². The molecule has 0 atom stereocenters. The Balaban J connectivity index is 1.93. The van der Waals surface area contributed by atoms with Gasteiger partial charge in [0.25, 0.3) is 0 Å². The number of rotatable bonds is 6. The van der Waals surface area contributed by atoms with Crippen LogP contribution in [0.1, 0.15) is 18.5 Å². The number of nitrogens with one attached hydrogen (secondary N) is 1. The van der Waals surface area contributed by atoms with Crippen LogP contribution < -0.4 is 5.32 Å². The summed E-state index contributed by atoms with van der Waals surface area (Å²) in [5.74, 6) is 0. The highest BCUT2D eigenvalue weighted by Gasteiger charge is 2.33. The van der Waals surface area contributed by atoms with Crippen molar-refractivity contribution in [2.75, 3.05) is 40.4 Å². The van der Waals surface area contributed by atoms with E-state index in [1.54, 1.807) is 0 Å². The van der Waals surface area contributed by atoms with E-state index in [1.165, 1.54) is 0 Å². The molecule has 1 aliphatic rings. The highest BCUT2D eigenvalue weighted by Crippen LogP contribution is 2.30. The van der Waals surface area contributed by atoms with Gasteiger partial charge in [-0.2, -0.15) is 0 Å². The van der Waals surface area contributed by atoms with E-state index < -0.39 is 0 Å². The van der Waals surface area contributed by atoms with Gasteiger partial charge in [-0.15, -0.1) is 0 Å². The number of pyridine rings is 1. The number of ether oxygens (including phenoxy) is 1. The predicted molar refractivity (Wildman–Crippen MR) is 77.0 cm³/mol. The summed E-state index contributed by atoms with van der Waals surface area (Å²) in [6.45, 7) is 4.84. The van der Waals surface area contributed by atoms with Gasteiger partial charge in [-0.3, -0.25) is 9.88 Å². The van der Waals surface area contributed by atoms with E-state index in [4.69, 9.17) is 4.74 Å². The molecule has 4 heteroatoms. The molecule has 4 nitrogen and oxygen atoms in total. The van der Waals surface area contributed by atoms with Gasteiger partial charge in [0, 0.05) is 39.0 Å². The molecule has 0 aromatic carbocycles. The predicted octanol–water partition coefficient (Wildman–Crippen LogP) is 1.53. The summed E-state index contributed by atoms with van der Waals surface area (Å²) in [4.78, 5) is 6.78. The fourth-order valence-corrected chi connectivity index (χ4v) is 2.97. The van der Waals surface area contributed by atoms with E-state index in [0.717, 1.165) is 51.4 Å². The second-order valence-corrected chi connectivity index (χ2v) is 5.64. The Morgan fingerprint density at radius 3 is 2.79 bits per heavy atom. The fraction of sp³-hybridized carbons (Fsp3) is 0.667. The van der Waals surface area contributed by atoms with Crippen LogP contribution >= 0.6 is 0 Å². The van der Waals surface area contributed by atoms with Gasteiger partial charge in [0.15, 0.2) is 0 Å². The van der Waals surface area contributed by atoms with E-state index in [0.29, 0.717) is 5.41 Å². The summed E-state index contributed by atoms with van der Waals surface area (Å²) in [7, 11) is 4.22. The van der Waals surface area contributed by atoms with Crippen LogP contribution in [-0.4, -0.2) is 50.3 Å². The largest absolute Gasteiger partial charge is 0.381 e. The van der Waals surface area contributed by atoms with Crippen LogP contribution in [0.4, 0.5) is 0 Å². The molecule has 1 saturated heterocycles. The highest BCUT2D eigenvalue weighted by molar-refractivity contribution is 5.03. The van der Waals surface area contributed by atoms with Crippen LogP contribution in [0.5, 0.6) is 0 Å². The van der Waals surface area contributed by atoms with Crippen molar-refractivity contribution in [3.8, 4) is 0 Å². The smallest absolute Gasteiger partial charge is 0.0543 e. The average Bonchev–Trinajstić information content (AvgIpc) is 2.40. The molecule has 0 spiro atoms. The second kappa shape index (κ2) is 6.98. The first-order chi connectivity index (χ1) is 9.24. The second-order valence-electron chi connectivity index (χ2n) is 5.64. The molecule has 2 heterocycles. The number of nitrogens with zero attached hydrogens (tertiary/aromatic N) is 2. The van der Waals surface area contributed by atoms with Gasteiger partial charge in [0.05, 0.1) is 5.69 Å². The number of hydrogen-bond acceptors (Lipinski definition) is 4. The monoisotopic (exact) mass is 263 g/mol. The Bertz CT molecular complexity index is 357. The first-order valence-electron chi connectivity index (χ1n) is 7.05. The molecule has 0 aliphatic carbocycles. The van der Waals surface area contributed by atoms with Gasteiger partial charge in [0.1, 0.15) is 0 Å². The van der Waals surface area contributed by atoms with Gasteiger partial charge in [-0.1, -0.05) is 6.07 Å². The molecule has 0 unspecified atom stereocenters. The first kappa shape index (κ1) is 14.4. The minimum atomic E-state index is 0.344. The van der Waals surface area contributed by atoms with Crippen molar-refractivity contribution in [1.29, 1.82) is 0 Å². The Hall–Kier alpha value is -0.970. The lowest BCUT2D eigenvalue weighted by Gasteiger charge is -2.40. The summed E-state index contributed by atoms with van der Waals surface area (Å²) in [5.41, 5.74) is 1.48. The molecular formula is C15H25N3O. The molecule has 2 rings (SSSR count). The number of aromatic nitrogens is 1. The lowest BCUT2D eigenvalue weighted by Crippen LogP contribution is -2.45.